The van der Waals surface area contributed by atoms with Gasteiger partial charge in [0.25, 0.3) is 0 Å². The van der Waals surface area contributed by atoms with Gasteiger partial charge in [-0.15, -0.1) is 0 Å². The zero-order chi connectivity index (χ0) is 15.4. The number of imidazole rings is 1. The molecule has 1 aromatic carbocycles. The SMILES string of the molecule is CCC(OC=Nc1cc(F)c(F)c(F)c1C)n1ccnc1. The van der Waals surface area contributed by atoms with Gasteiger partial charge in [0.05, 0.1) is 12.0 Å². The molecule has 1 atom stereocenters. The summed E-state index contributed by atoms with van der Waals surface area (Å²) < 4.78 is 46.7. The summed E-state index contributed by atoms with van der Waals surface area (Å²) >= 11 is 0. The van der Waals surface area contributed by atoms with Crippen LogP contribution in [0.1, 0.15) is 25.1 Å². The van der Waals surface area contributed by atoms with Crippen molar-refractivity contribution >= 4 is 12.1 Å². The highest BCUT2D eigenvalue weighted by atomic mass is 19.2. The molecule has 7 heteroatoms. The van der Waals surface area contributed by atoms with Crippen LogP contribution in [0.4, 0.5) is 18.9 Å². The van der Waals surface area contributed by atoms with Crippen molar-refractivity contribution in [3.63, 3.8) is 0 Å². The maximum atomic E-state index is 13.4. The smallest absolute Gasteiger partial charge is 0.194 e. The highest BCUT2D eigenvalue weighted by molar-refractivity contribution is 5.58. The van der Waals surface area contributed by atoms with E-state index in [1.54, 1.807) is 23.3 Å². The van der Waals surface area contributed by atoms with E-state index in [0.29, 0.717) is 6.42 Å². The van der Waals surface area contributed by atoms with Gasteiger partial charge in [-0.05, 0) is 6.92 Å². The van der Waals surface area contributed by atoms with E-state index in [0.717, 1.165) is 12.5 Å². The Balaban J connectivity index is 2.15. The van der Waals surface area contributed by atoms with Gasteiger partial charge in [0, 0.05) is 30.4 Å². The van der Waals surface area contributed by atoms with Crippen LogP contribution in [0.5, 0.6) is 0 Å². The number of ether oxygens (including phenoxy) is 1. The van der Waals surface area contributed by atoms with Gasteiger partial charge in [-0.1, -0.05) is 6.92 Å². The molecule has 112 valence electrons. The molecule has 0 radical (unpaired) electrons. The van der Waals surface area contributed by atoms with Crippen molar-refractivity contribution in [2.24, 2.45) is 4.99 Å². The molecular weight excluding hydrogens is 283 g/mol. The molecule has 0 aliphatic rings. The van der Waals surface area contributed by atoms with Crippen LogP contribution < -0.4 is 0 Å². The fourth-order valence-corrected chi connectivity index (χ4v) is 1.78. The summed E-state index contributed by atoms with van der Waals surface area (Å²) in [5.41, 5.74) is -0.101. The number of rotatable bonds is 5. The first-order valence-corrected chi connectivity index (χ1v) is 6.34. The zero-order valence-electron chi connectivity index (χ0n) is 11.6. The van der Waals surface area contributed by atoms with E-state index in [2.05, 4.69) is 9.98 Å². The highest BCUT2D eigenvalue weighted by Gasteiger charge is 2.15. The second kappa shape index (κ2) is 6.43. The number of aromatic nitrogens is 2. The van der Waals surface area contributed by atoms with Gasteiger partial charge in [-0.3, -0.25) is 0 Å². The second-order valence-electron chi connectivity index (χ2n) is 4.37. The Kier molecular flexibility index (Phi) is 4.62. The number of halogens is 3. The van der Waals surface area contributed by atoms with Crippen molar-refractivity contribution in [1.82, 2.24) is 9.55 Å². The van der Waals surface area contributed by atoms with Crippen LogP contribution in [0.25, 0.3) is 0 Å². The molecule has 0 fully saturated rings. The standard InChI is InChI=1S/C14H14F3N3O/c1-3-12(20-5-4-18-7-20)21-8-19-11-6-10(15)14(17)13(16)9(11)2/h4-8,12H,3H2,1-2H3. The average molecular weight is 297 g/mol. The van der Waals surface area contributed by atoms with Crippen LogP contribution >= 0.6 is 0 Å². The minimum absolute atomic E-state index is 0.0214. The van der Waals surface area contributed by atoms with E-state index >= 15 is 0 Å². The molecule has 1 unspecified atom stereocenters. The van der Waals surface area contributed by atoms with E-state index in [-0.39, 0.29) is 17.5 Å². The predicted octanol–water partition coefficient (Wildman–Crippen LogP) is 3.89. The van der Waals surface area contributed by atoms with Crippen LogP contribution in [0.2, 0.25) is 0 Å². The fourth-order valence-electron chi connectivity index (χ4n) is 1.78. The van der Waals surface area contributed by atoms with Crippen LogP contribution in [0.3, 0.4) is 0 Å². The lowest BCUT2D eigenvalue weighted by molar-refractivity contribution is 0.123. The molecule has 1 aromatic heterocycles. The summed E-state index contributed by atoms with van der Waals surface area (Å²) in [7, 11) is 0. The van der Waals surface area contributed by atoms with E-state index in [9.17, 15) is 13.2 Å². The van der Waals surface area contributed by atoms with Crippen LogP contribution in [0.15, 0.2) is 29.8 Å². The van der Waals surface area contributed by atoms with Crippen molar-refractivity contribution in [1.29, 1.82) is 0 Å². The monoisotopic (exact) mass is 297 g/mol. The third kappa shape index (κ3) is 3.24. The van der Waals surface area contributed by atoms with Gasteiger partial charge in [0.15, 0.2) is 30.1 Å². The molecule has 0 aliphatic heterocycles. The van der Waals surface area contributed by atoms with Crippen molar-refractivity contribution in [2.45, 2.75) is 26.5 Å². The molecule has 2 rings (SSSR count). The van der Waals surface area contributed by atoms with Crippen LogP contribution in [-0.2, 0) is 4.74 Å². The molecule has 0 aliphatic carbocycles. The summed E-state index contributed by atoms with van der Waals surface area (Å²) in [5, 5.41) is 0. The first-order valence-electron chi connectivity index (χ1n) is 6.34. The Morgan fingerprint density at radius 2 is 2.14 bits per heavy atom. The molecule has 0 saturated heterocycles. The lowest BCUT2D eigenvalue weighted by Gasteiger charge is -2.15. The largest absolute Gasteiger partial charge is 0.460 e. The lowest BCUT2D eigenvalue weighted by Crippen LogP contribution is -2.09. The van der Waals surface area contributed by atoms with E-state index in [1.165, 1.54) is 6.92 Å². The number of aliphatic imine (C=N–C) groups is 1. The molecule has 4 nitrogen and oxygen atoms in total. The molecule has 2 aromatic rings. The van der Waals surface area contributed by atoms with Gasteiger partial charge >= 0.3 is 0 Å². The predicted molar refractivity (Wildman–Crippen MR) is 71.8 cm³/mol. The summed E-state index contributed by atoms with van der Waals surface area (Å²) in [5.74, 6) is -4.03. The summed E-state index contributed by atoms with van der Waals surface area (Å²) in [6.45, 7) is 3.22. The van der Waals surface area contributed by atoms with Crippen molar-refractivity contribution in [3.05, 3.63) is 47.8 Å². The Bertz CT molecular complexity index is 641. The van der Waals surface area contributed by atoms with Gasteiger partial charge in [0.2, 0.25) is 0 Å². The van der Waals surface area contributed by atoms with E-state index in [1.807, 2.05) is 6.92 Å². The Hall–Kier alpha value is -2.31. The van der Waals surface area contributed by atoms with Crippen LogP contribution in [0, 0.1) is 24.4 Å². The first-order chi connectivity index (χ1) is 10.0. The highest BCUT2D eigenvalue weighted by Crippen LogP contribution is 2.25. The molecule has 1 heterocycles. The molecule has 0 saturated carbocycles. The third-order valence-electron chi connectivity index (χ3n) is 3.00. The number of hydrogen-bond acceptors (Lipinski definition) is 3. The molecule has 0 amide bonds. The fraction of sp³-hybridized carbons (Fsp3) is 0.286. The maximum absolute atomic E-state index is 13.4. The Morgan fingerprint density at radius 1 is 1.38 bits per heavy atom. The summed E-state index contributed by atoms with van der Waals surface area (Å²) in [6.07, 6.45) is 6.33. The normalized spacial score (nSPS) is 12.8. The van der Waals surface area contributed by atoms with Gasteiger partial charge < -0.3 is 9.30 Å². The molecule has 0 bridgehead atoms. The zero-order valence-corrected chi connectivity index (χ0v) is 11.6. The third-order valence-corrected chi connectivity index (χ3v) is 3.00. The Labute approximate surface area is 119 Å². The number of benzene rings is 1. The minimum atomic E-state index is -1.50. The second-order valence-corrected chi connectivity index (χ2v) is 4.37. The quantitative estimate of drug-likeness (QED) is 0.477. The van der Waals surface area contributed by atoms with Crippen molar-refractivity contribution in [2.75, 3.05) is 0 Å². The van der Waals surface area contributed by atoms with Gasteiger partial charge in [-0.25, -0.2) is 23.1 Å². The van der Waals surface area contributed by atoms with Crippen molar-refractivity contribution in [3.8, 4) is 0 Å². The Morgan fingerprint density at radius 3 is 2.76 bits per heavy atom. The molecule has 0 spiro atoms. The summed E-state index contributed by atoms with van der Waals surface area (Å²) in [6, 6.07) is 0.825. The van der Waals surface area contributed by atoms with Gasteiger partial charge in [0.1, 0.15) is 0 Å². The molecular formula is C14H14F3N3O. The average Bonchev–Trinajstić information content (AvgIpc) is 3.00. The summed E-state index contributed by atoms with van der Waals surface area (Å²) in [4.78, 5) is 7.74. The molecule has 21 heavy (non-hydrogen) atoms. The first kappa shape index (κ1) is 15.1. The number of nitrogens with zero attached hydrogens (tertiary/aromatic N) is 3. The lowest BCUT2D eigenvalue weighted by atomic mass is 10.2. The van der Waals surface area contributed by atoms with E-state index < -0.39 is 17.5 Å². The topological polar surface area (TPSA) is 39.4 Å². The van der Waals surface area contributed by atoms with E-state index in [4.69, 9.17) is 4.74 Å². The molecule has 0 N–H and O–H groups in total. The van der Waals surface area contributed by atoms with Gasteiger partial charge in [-0.2, -0.15) is 0 Å². The number of hydrogen-bond donors (Lipinski definition) is 0. The minimum Gasteiger partial charge on any atom is -0.460 e. The van der Waals surface area contributed by atoms with Crippen LogP contribution in [-0.4, -0.2) is 16.0 Å². The van der Waals surface area contributed by atoms with Crippen molar-refractivity contribution < 1.29 is 17.9 Å². The maximum Gasteiger partial charge on any atom is 0.194 e.